The number of benzene rings is 1. The number of nitrogens with zero attached hydrogens (tertiary/aromatic N) is 1. The predicted octanol–water partition coefficient (Wildman–Crippen LogP) is -0.179. The van der Waals surface area contributed by atoms with Crippen molar-refractivity contribution in [1.29, 1.82) is 0 Å². The molecule has 1 heterocycles. The van der Waals surface area contributed by atoms with Gasteiger partial charge in [0.2, 0.25) is 0 Å². The van der Waals surface area contributed by atoms with Gasteiger partial charge in [-0.25, -0.2) is 0 Å². The lowest BCUT2D eigenvalue weighted by Gasteiger charge is -2.26. The molecule has 0 radical (unpaired) electrons. The first kappa shape index (κ1) is 15.1. The third-order valence-electron chi connectivity index (χ3n) is 4.06. The molecule has 1 fully saturated rings. The molecule has 1 aliphatic heterocycles. The Kier molecular flexibility index (Phi) is 4.52. The third-order valence-corrected chi connectivity index (χ3v) is 4.06. The van der Waals surface area contributed by atoms with Gasteiger partial charge >= 0.3 is 5.97 Å². The minimum absolute atomic E-state index is 0.0629. The first-order valence-corrected chi connectivity index (χ1v) is 7.55. The monoisotopic (exact) mass is 304 g/mol. The van der Waals surface area contributed by atoms with Gasteiger partial charge in [-0.15, -0.1) is 0 Å². The van der Waals surface area contributed by atoms with E-state index in [0.29, 0.717) is 19.6 Å². The van der Waals surface area contributed by atoms with Gasteiger partial charge in [-0.2, -0.15) is 0 Å². The van der Waals surface area contributed by atoms with Gasteiger partial charge in [0.25, 0.3) is 0 Å². The van der Waals surface area contributed by atoms with Crippen LogP contribution >= 0.6 is 0 Å². The summed E-state index contributed by atoms with van der Waals surface area (Å²) in [5.41, 5.74) is 6.78. The van der Waals surface area contributed by atoms with Gasteiger partial charge in [-0.3, -0.25) is 14.5 Å². The van der Waals surface area contributed by atoms with Crippen molar-refractivity contribution < 1.29 is 14.3 Å². The number of hydrogen-bond acceptors (Lipinski definition) is 6. The number of fused-ring (bicyclic) bond motifs is 1. The number of rotatable bonds is 6. The Morgan fingerprint density at radius 2 is 2.14 bits per heavy atom. The lowest BCUT2D eigenvalue weighted by Crippen LogP contribution is -2.40. The van der Waals surface area contributed by atoms with Crippen LogP contribution in [0.25, 0.3) is 10.8 Å². The summed E-state index contributed by atoms with van der Waals surface area (Å²) in [6.07, 6.45) is 0.339. The molecule has 0 bridgehead atoms. The van der Waals surface area contributed by atoms with E-state index < -0.39 is 12.0 Å². The minimum Gasteiger partial charge on any atom is -0.463 e. The highest BCUT2D eigenvalue weighted by molar-refractivity contribution is 6.00. The van der Waals surface area contributed by atoms with Gasteiger partial charge in [0, 0.05) is 30.4 Å². The van der Waals surface area contributed by atoms with E-state index in [1.54, 1.807) is 6.07 Å². The summed E-state index contributed by atoms with van der Waals surface area (Å²) in [6.45, 7) is 4.20. The van der Waals surface area contributed by atoms with Gasteiger partial charge in [-0.05, 0) is 12.0 Å². The summed E-state index contributed by atoms with van der Waals surface area (Å²) in [7, 11) is 0. The molecular formula is C16H20N2O4. The fraction of sp³-hybridized carbons (Fsp3) is 0.500. The van der Waals surface area contributed by atoms with Crippen molar-refractivity contribution >= 4 is 16.7 Å². The van der Waals surface area contributed by atoms with Gasteiger partial charge in [-0.1, -0.05) is 18.2 Å². The van der Waals surface area contributed by atoms with E-state index in [-0.39, 0.29) is 5.43 Å². The number of ether oxygens (including phenoxy) is 2. The maximum atomic E-state index is 11.9. The third kappa shape index (κ3) is 3.35. The van der Waals surface area contributed by atoms with Crippen molar-refractivity contribution in [1.82, 2.24) is 4.90 Å². The van der Waals surface area contributed by atoms with Crippen LogP contribution in [0.5, 0.6) is 0 Å². The molecule has 1 aliphatic rings. The predicted molar refractivity (Wildman–Crippen MR) is 82.5 cm³/mol. The Morgan fingerprint density at radius 3 is 2.91 bits per heavy atom. The summed E-state index contributed by atoms with van der Waals surface area (Å²) in [4.78, 5) is 25.6. The van der Waals surface area contributed by atoms with Crippen molar-refractivity contribution in [3.8, 4) is 0 Å². The van der Waals surface area contributed by atoms with E-state index in [0.717, 1.165) is 42.6 Å². The Balaban J connectivity index is 1.45. The molecule has 2 aromatic rings. The zero-order valence-electron chi connectivity index (χ0n) is 12.4. The maximum absolute atomic E-state index is 11.9. The molecule has 0 saturated carbocycles. The molecule has 0 aromatic heterocycles. The average Bonchev–Trinajstić information content (AvgIpc) is 3.20. The Labute approximate surface area is 128 Å². The van der Waals surface area contributed by atoms with Crippen LogP contribution in [0.15, 0.2) is 23.0 Å². The van der Waals surface area contributed by atoms with Crippen LogP contribution < -0.4 is 11.2 Å². The SMILES string of the molecule is NC(Cc1cccc2c(=O)c12)C(=O)OCCN1CCOCC1. The van der Waals surface area contributed by atoms with Crippen molar-refractivity contribution in [2.24, 2.45) is 5.73 Å². The highest BCUT2D eigenvalue weighted by Gasteiger charge is 2.22. The summed E-state index contributed by atoms with van der Waals surface area (Å²) in [5, 5.41) is 1.46. The van der Waals surface area contributed by atoms with E-state index in [4.69, 9.17) is 15.2 Å². The van der Waals surface area contributed by atoms with E-state index in [9.17, 15) is 9.59 Å². The molecule has 118 valence electrons. The highest BCUT2D eigenvalue weighted by Crippen LogP contribution is 2.20. The van der Waals surface area contributed by atoms with Crippen LogP contribution in [0.3, 0.4) is 0 Å². The molecule has 3 rings (SSSR count). The number of carbonyl (C=O) groups excluding carboxylic acids is 1. The molecule has 22 heavy (non-hydrogen) atoms. The van der Waals surface area contributed by atoms with Crippen molar-refractivity contribution in [2.75, 3.05) is 39.5 Å². The van der Waals surface area contributed by atoms with E-state index in [1.807, 2.05) is 12.1 Å². The Hall–Kier alpha value is -1.76. The second-order valence-corrected chi connectivity index (χ2v) is 5.60. The molecule has 1 unspecified atom stereocenters. The number of esters is 1. The maximum Gasteiger partial charge on any atom is 0.323 e. The topological polar surface area (TPSA) is 81.9 Å². The van der Waals surface area contributed by atoms with Gasteiger partial charge in [0.1, 0.15) is 12.6 Å². The Morgan fingerprint density at radius 1 is 1.36 bits per heavy atom. The van der Waals surface area contributed by atoms with Gasteiger partial charge in [0.15, 0.2) is 5.43 Å². The summed E-state index contributed by atoms with van der Waals surface area (Å²) < 4.78 is 10.5. The summed E-state index contributed by atoms with van der Waals surface area (Å²) >= 11 is 0. The fourth-order valence-electron chi connectivity index (χ4n) is 2.70. The van der Waals surface area contributed by atoms with Crippen LogP contribution in [0, 0.1) is 0 Å². The van der Waals surface area contributed by atoms with E-state index >= 15 is 0 Å². The molecule has 2 N–H and O–H groups in total. The van der Waals surface area contributed by atoms with Crippen molar-refractivity contribution in [3.05, 3.63) is 34.0 Å². The smallest absolute Gasteiger partial charge is 0.323 e. The lowest BCUT2D eigenvalue weighted by molar-refractivity contribution is -0.145. The summed E-state index contributed by atoms with van der Waals surface area (Å²) in [6, 6.07) is 4.71. The fourth-order valence-corrected chi connectivity index (χ4v) is 2.70. The van der Waals surface area contributed by atoms with Crippen LogP contribution in [0.2, 0.25) is 0 Å². The van der Waals surface area contributed by atoms with Crippen LogP contribution in [0.4, 0.5) is 0 Å². The number of carbonyl (C=O) groups is 1. The second kappa shape index (κ2) is 6.56. The van der Waals surface area contributed by atoms with E-state index in [2.05, 4.69) is 4.90 Å². The second-order valence-electron chi connectivity index (χ2n) is 5.60. The van der Waals surface area contributed by atoms with Crippen molar-refractivity contribution in [2.45, 2.75) is 12.5 Å². The molecule has 2 aromatic carbocycles. The van der Waals surface area contributed by atoms with Crippen molar-refractivity contribution in [3.63, 3.8) is 0 Å². The molecule has 0 spiro atoms. The van der Waals surface area contributed by atoms with Crippen LogP contribution in [0.1, 0.15) is 5.56 Å². The molecule has 1 atom stereocenters. The first-order chi connectivity index (χ1) is 10.7. The Bertz CT molecular complexity index is 669. The van der Waals surface area contributed by atoms with Crippen LogP contribution in [-0.2, 0) is 20.7 Å². The normalized spacial score (nSPS) is 17.9. The molecule has 6 nitrogen and oxygen atoms in total. The average molecular weight is 304 g/mol. The van der Waals surface area contributed by atoms with E-state index in [1.165, 1.54) is 0 Å². The summed E-state index contributed by atoms with van der Waals surface area (Å²) in [5.74, 6) is -0.418. The first-order valence-electron chi connectivity index (χ1n) is 7.55. The quantitative estimate of drug-likeness (QED) is 0.746. The molecule has 0 aliphatic carbocycles. The highest BCUT2D eigenvalue weighted by atomic mass is 16.5. The number of morpholine rings is 1. The van der Waals surface area contributed by atoms with Gasteiger partial charge < -0.3 is 15.2 Å². The molecule has 0 amide bonds. The molecular weight excluding hydrogens is 284 g/mol. The standard InChI is InChI=1S/C16H20N2O4/c17-13(10-11-2-1-3-12-14(11)15(12)19)16(20)22-9-6-18-4-7-21-8-5-18/h1-3,13H,4-10,17H2. The molecule has 6 heteroatoms. The minimum atomic E-state index is -0.732. The van der Waals surface area contributed by atoms with Crippen LogP contribution in [-0.4, -0.2) is 56.4 Å². The molecule has 1 saturated heterocycles. The number of nitrogens with two attached hydrogens (primary N) is 1. The number of hydrogen-bond donors (Lipinski definition) is 1. The zero-order valence-corrected chi connectivity index (χ0v) is 12.4. The lowest BCUT2D eigenvalue weighted by atomic mass is 10.1. The largest absolute Gasteiger partial charge is 0.463 e. The zero-order chi connectivity index (χ0) is 15.5. The van der Waals surface area contributed by atoms with Gasteiger partial charge in [0.05, 0.1) is 13.2 Å².